The number of hydrogen-bond acceptors (Lipinski definition) is 3. The second kappa shape index (κ2) is 6.39. The number of carbonyl (C=O) groups excluding carboxylic acids is 1. The Morgan fingerprint density at radius 3 is 2.74 bits per heavy atom. The molecule has 1 aliphatic rings. The molecule has 1 unspecified atom stereocenters. The molecule has 4 aromatic rings. The molecule has 27 heavy (non-hydrogen) atoms. The minimum atomic E-state index is -0.0346. The zero-order valence-electron chi connectivity index (χ0n) is 14.7. The summed E-state index contributed by atoms with van der Waals surface area (Å²) in [5.74, 6) is 0.817. The molecule has 1 fully saturated rings. The lowest BCUT2D eigenvalue weighted by atomic mass is 10.1. The number of aromatic amines is 2. The van der Waals surface area contributed by atoms with Gasteiger partial charge in [0.25, 0.3) is 5.91 Å². The van der Waals surface area contributed by atoms with Crippen LogP contribution < -0.4 is 0 Å². The molecule has 2 aromatic heterocycles. The lowest BCUT2D eigenvalue weighted by Crippen LogP contribution is -2.31. The van der Waals surface area contributed by atoms with Crippen LogP contribution in [0, 0.1) is 0 Å². The number of nitrogens with one attached hydrogen (secondary N) is 2. The van der Waals surface area contributed by atoms with Gasteiger partial charge in [0.1, 0.15) is 11.5 Å². The van der Waals surface area contributed by atoms with E-state index in [1.807, 2.05) is 65.6 Å². The first kappa shape index (κ1) is 15.8. The number of aromatic nitrogens is 4. The molecule has 0 radical (unpaired) electrons. The van der Waals surface area contributed by atoms with Crippen molar-refractivity contribution >= 4 is 16.9 Å². The van der Waals surface area contributed by atoms with Crippen molar-refractivity contribution in [3.8, 4) is 11.3 Å². The molecule has 5 rings (SSSR count). The lowest BCUT2D eigenvalue weighted by Gasteiger charge is -2.22. The average Bonchev–Trinajstić information content (AvgIpc) is 3.46. The first-order valence-corrected chi connectivity index (χ1v) is 9.16. The Kier molecular flexibility index (Phi) is 3.74. The molecular weight excluding hydrogens is 338 g/mol. The second-order valence-electron chi connectivity index (χ2n) is 6.83. The quantitative estimate of drug-likeness (QED) is 0.583. The predicted molar refractivity (Wildman–Crippen MR) is 103 cm³/mol. The Labute approximate surface area is 156 Å². The molecule has 1 atom stereocenters. The fourth-order valence-electron chi connectivity index (χ4n) is 3.77. The predicted octanol–water partition coefficient (Wildman–Crippen LogP) is 3.93. The SMILES string of the molecule is O=C(c1cc(-c2ccccc2)n[nH]1)N1CCCC1c1nc2ccccc2[nH]1. The highest BCUT2D eigenvalue weighted by atomic mass is 16.2. The summed E-state index contributed by atoms with van der Waals surface area (Å²) < 4.78 is 0. The molecule has 2 N–H and O–H groups in total. The highest BCUT2D eigenvalue weighted by Crippen LogP contribution is 2.32. The van der Waals surface area contributed by atoms with Crippen LogP contribution >= 0.6 is 0 Å². The summed E-state index contributed by atoms with van der Waals surface area (Å²) in [4.78, 5) is 23.1. The minimum absolute atomic E-state index is 0.0339. The number of H-pyrrole nitrogens is 2. The number of benzene rings is 2. The van der Waals surface area contributed by atoms with Gasteiger partial charge in [-0.3, -0.25) is 9.89 Å². The summed E-state index contributed by atoms with van der Waals surface area (Å²) in [6, 6.07) is 19.6. The van der Waals surface area contributed by atoms with Gasteiger partial charge in [0, 0.05) is 12.1 Å². The lowest BCUT2D eigenvalue weighted by molar-refractivity contribution is 0.0724. The maximum atomic E-state index is 13.1. The van der Waals surface area contributed by atoms with Gasteiger partial charge in [-0.1, -0.05) is 42.5 Å². The molecule has 6 heteroatoms. The highest BCUT2D eigenvalue weighted by molar-refractivity contribution is 5.94. The standard InChI is InChI=1S/C21H19N5O/c27-21(18-13-17(24-25-18)14-7-2-1-3-8-14)26-12-6-11-19(26)20-22-15-9-4-5-10-16(15)23-20/h1-5,7-10,13,19H,6,11-12H2,(H,22,23)(H,24,25). The molecule has 1 aliphatic heterocycles. The zero-order chi connectivity index (χ0) is 18.2. The van der Waals surface area contributed by atoms with Gasteiger partial charge < -0.3 is 9.88 Å². The highest BCUT2D eigenvalue weighted by Gasteiger charge is 2.33. The van der Waals surface area contributed by atoms with Crippen LogP contribution in [-0.4, -0.2) is 37.5 Å². The van der Waals surface area contributed by atoms with E-state index < -0.39 is 0 Å². The average molecular weight is 357 g/mol. The number of hydrogen-bond donors (Lipinski definition) is 2. The van der Waals surface area contributed by atoms with Crippen molar-refractivity contribution in [1.82, 2.24) is 25.1 Å². The number of nitrogens with zero attached hydrogens (tertiary/aromatic N) is 3. The van der Waals surface area contributed by atoms with Gasteiger partial charge in [-0.2, -0.15) is 5.10 Å². The van der Waals surface area contributed by atoms with Crippen LogP contribution in [0.5, 0.6) is 0 Å². The van der Waals surface area contributed by atoms with E-state index in [0.29, 0.717) is 5.69 Å². The third kappa shape index (κ3) is 2.79. The maximum Gasteiger partial charge on any atom is 0.272 e. The van der Waals surface area contributed by atoms with Gasteiger partial charge in [-0.25, -0.2) is 4.98 Å². The minimum Gasteiger partial charge on any atom is -0.340 e. The molecule has 0 spiro atoms. The normalized spacial score (nSPS) is 16.9. The van der Waals surface area contributed by atoms with Crippen LogP contribution in [0.3, 0.4) is 0 Å². The van der Waals surface area contributed by atoms with Crippen molar-refractivity contribution in [2.24, 2.45) is 0 Å². The Hall–Kier alpha value is -3.41. The number of likely N-dealkylation sites (tertiary alicyclic amines) is 1. The number of carbonyl (C=O) groups is 1. The summed E-state index contributed by atoms with van der Waals surface area (Å²) in [5, 5.41) is 7.22. The van der Waals surface area contributed by atoms with Crippen LogP contribution in [0.25, 0.3) is 22.3 Å². The molecule has 134 valence electrons. The summed E-state index contributed by atoms with van der Waals surface area (Å²) in [6.07, 6.45) is 1.87. The smallest absolute Gasteiger partial charge is 0.272 e. The van der Waals surface area contributed by atoms with Crippen molar-refractivity contribution in [1.29, 1.82) is 0 Å². The van der Waals surface area contributed by atoms with Gasteiger partial charge in [0.15, 0.2) is 0 Å². The maximum absolute atomic E-state index is 13.1. The molecule has 0 aliphatic carbocycles. The van der Waals surface area contributed by atoms with Crippen molar-refractivity contribution in [3.05, 3.63) is 72.2 Å². The van der Waals surface area contributed by atoms with E-state index >= 15 is 0 Å². The molecule has 3 heterocycles. The van der Waals surface area contributed by atoms with E-state index in [4.69, 9.17) is 4.98 Å². The van der Waals surface area contributed by atoms with Gasteiger partial charge in [-0.15, -0.1) is 0 Å². The molecule has 1 saturated heterocycles. The first-order valence-electron chi connectivity index (χ1n) is 9.16. The molecule has 6 nitrogen and oxygen atoms in total. The topological polar surface area (TPSA) is 77.7 Å². The van der Waals surface area contributed by atoms with Crippen LogP contribution in [0.2, 0.25) is 0 Å². The van der Waals surface area contributed by atoms with E-state index in [9.17, 15) is 4.79 Å². The van der Waals surface area contributed by atoms with E-state index in [0.717, 1.165) is 47.5 Å². The van der Waals surface area contributed by atoms with Gasteiger partial charge in [-0.05, 0) is 31.0 Å². The van der Waals surface area contributed by atoms with Crippen molar-refractivity contribution < 1.29 is 4.79 Å². The number of amides is 1. The monoisotopic (exact) mass is 357 g/mol. The van der Waals surface area contributed by atoms with Gasteiger partial charge in [0.05, 0.1) is 22.8 Å². The molecular formula is C21H19N5O. The largest absolute Gasteiger partial charge is 0.340 e. The molecule has 2 aromatic carbocycles. The Morgan fingerprint density at radius 2 is 1.89 bits per heavy atom. The Bertz CT molecular complexity index is 1060. The van der Waals surface area contributed by atoms with E-state index in [1.165, 1.54) is 0 Å². The molecule has 0 saturated carbocycles. The van der Waals surface area contributed by atoms with Crippen LogP contribution in [0.4, 0.5) is 0 Å². The van der Waals surface area contributed by atoms with Crippen molar-refractivity contribution in [2.75, 3.05) is 6.54 Å². The van der Waals surface area contributed by atoms with E-state index in [1.54, 1.807) is 0 Å². The summed E-state index contributed by atoms with van der Waals surface area (Å²) in [6.45, 7) is 0.722. The van der Waals surface area contributed by atoms with E-state index in [2.05, 4.69) is 15.2 Å². The van der Waals surface area contributed by atoms with Crippen LogP contribution in [-0.2, 0) is 0 Å². The van der Waals surface area contributed by atoms with Gasteiger partial charge >= 0.3 is 0 Å². The molecule has 1 amide bonds. The molecule has 0 bridgehead atoms. The number of para-hydroxylation sites is 2. The first-order chi connectivity index (χ1) is 13.3. The second-order valence-corrected chi connectivity index (χ2v) is 6.83. The summed E-state index contributed by atoms with van der Waals surface area (Å²) >= 11 is 0. The Balaban J connectivity index is 1.43. The third-order valence-electron chi connectivity index (χ3n) is 5.11. The fraction of sp³-hybridized carbons (Fsp3) is 0.190. The van der Waals surface area contributed by atoms with E-state index in [-0.39, 0.29) is 11.9 Å². The van der Waals surface area contributed by atoms with Crippen LogP contribution in [0.1, 0.15) is 35.2 Å². The van der Waals surface area contributed by atoms with Crippen molar-refractivity contribution in [3.63, 3.8) is 0 Å². The number of rotatable bonds is 3. The third-order valence-corrected chi connectivity index (χ3v) is 5.11. The number of imidazole rings is 1. The summed E-state index contributed by atoms with van der Waals surface area (Å²) in [7, 11) is 0. The zero-order valence-corrected chi connectivity index (χ0v) is 14.7. The van der Waals surface area contributed by atoms with Gasteiger partial charge in [0.2, 0.25) is 0 Å². The number of fused-ring (bicyclic) bond motifs is 1. The summed E-state index contributed by atoms with van der Waals surface area (Å²) in [5.41, 5.74) is 4.21. The fourth-order valence-corrected chi connectivity index (χ4v) is 3.77. The van der Waals surface area contributed by atoms with Crippen LogP contribution in [0.15, 0.2) is 60.7 Å². The van der Waals surface area contributed by atoms with Crippen molar-refractivity contribution in [2.45, 2.75) is 18.9 Å². The Morgan fingerprint density at radius 1 is 1.07 bits per heavy atom.